The van der Waals surface area contributed by atoms with Crippen molar-refractivity contribution in [3.05, 3.63) is 23.8 Å². The quantitative estimate of drug-likeness (QED) is 0.395. The van der Waals surface area contributed by atoms with Crippen molar-refractivity contribution in [2.45, 2.75) is 57.2 Å². The summed E-state index contributed by atoms with van der Waals surface area (Å²) < 4.78 is 17.6. The van der Waals surface area contributed by atoms with Crippen molar-refractivity contribution in [3.8, 4) is 11.5 Å². The highest BCUT2D eigenvalue weighted by atomic mass is 32.2. The molecule has 1 aliphatic heterocycles. The zero-order chi connectivity index (χ0) is 21.8. The number of rotatable bonds is 11. The Balaban J connectivity index is 2.02. The van der Waals surface area contributed by atoms with Crippen LogP contribution in [0.2, 0.25) is 0 Å². The van der Waals surface area contributed by atoms with E-state index in [1.165, 1.54) is 0 Å². The van der Waals surface area contributed by atoms with E-state index in [2.05, 4.69) is 54.8 Å². The van der Waals surface area contributed by atoms with Gasteiger partial charge < -0.3 is 24.8 Å². The van der Waals surface area contributed by atoms with Gasteiger partial charge in [-0.25, -0.2) is 0 Å². The second kappa shape index (κ2) is 13.0. The summed E-state index contributed by atoms with van der Waals surface area (Å²) >= 11 is 1.92. The Kier molecular flexibility index (Phi) is 10.6. The molecule has 1 atom stereocenters. The van der Waals surface area contributed by atoms with Crippen molar-refractivity contribution in [2.75, 3.05) is 46.3 Å². The van der Waals surface area contributed by atoms with E-state index < -0.39 is 0 Å². The number of benzene rings is 1. The zero-order valence-electron chi connectivity index (χ0n) is 19.3. The van der Waals surface area contributed by atoms with E-state index in [1.54, 1.807) is 0 Å². The third-order valence-corrected chi connectivity index (χ3v) is 6.80. The van der Waals surface area contributed by atoms with Crippen LogP contribution in [0.25, 0.3) is 0 Å². The lowest BCUT2D eigenvalue weighted by Gasteiger charge is -2.36. The van der Waals surface area contributed by atoms with Crippen LogP contribution in [0.4, 0.5) is 0 Å². The molecule has 30 heavy (non-hydrogen) atoms. The summed E-state index contributed by atoms with van der Waals surface area (Å²) in [5.41, 5.74) is 1.14. The van der Waals surface area contributed by atoms with Gasteiger partial charge in [-0.15, -0.1) is 0 Å². The summed E-state index contributed by atoms with van der Waals surface area (Å²) in [6.07, 6.45) is 6.24. The Morgan fingerprint density at radius 3 is 2.43 bits per heavy atom. The minimum atomic E-state index is 0.0836. The number of nitrogens with one attached hydrogen (secondary N) is 2. The molecule has 0 saturated carbocycles. The fourth-order valence-corrected chi connectivity index (χ4v) is 4.17. The van der Waals surface area contributed by atoms with Crippen molar-refractivity contribution >= 4 is 17.7 Å². The Hall–Kier alpha value is -1.60. The first-order valence-corrected chi connectivity index (χ1v) is 12.3. The standard InChI is InChI=1S/C23H39N3O3S/c1-6-12-28-20-9-8-19(16-21(20)29-13-7-2)18(3)26-22(24-4)25-17-23(30-5)10-14-27-15-11-23/h8-9,16,18H,6-7,10-15,17H2,1-5H3,(H2,24,25,26). The molecule has 1 unspecified atom stereocenters. The molecule has 0 radical (unpaired) electrons. The number of guanidine groups is 1. The molecule has 7 heteroatoms. The van der Waals surface area contributed by atoms with Gasteiger partial charge in [0.1, 0.15) is 0 Å². The third-order valence-electron chi connectivity index (χ3n) is 5.38. The maximum absolute atomic E-state index is 5.95. The van der Waals surface area contributed by atoms with E-state index >= 15 is 0 Å². The fourth-order valence-electron chi connectivity index (χ4n) is 3.37. The molecule has 170 valence electrons. The lowest BCUT2D eigenvalue weighted by Crippen LogP contribution is -2.48. The van der Waals surface area contributed by atoms with Gasteiger partial charge in [-0.2, -0.15) is 11.8 Å². The summed E-state index contributed by atoms with van der Waals surface area (Å²) in [6.45, 7) is 10.3. The average molecular weight is 438 g/mol. The summed E-state index contributed by atoms with van der Waals surface area (Å²) in [4.78, 5) is 4.43. The second-order valence-electron chi connectivity index (χ2n) is 7.69. The molecule has 2 N–H and O–H groups in total. The molecule has 0 aliphatic carbocycles. The van der Waals surface area contributed by atoms with E-state index in [9.17, 15) is 0 Å². The molecule has 0 aromatic heterocycles. The first-order valence-electron chi connectivity index (χ1n) is 11.1. The van der Waals surface area contributed by atoms with Gasteiger partial charge in [-0.05, 0) is 56.6 Å². The molecule has 1 aromatic carbocycles. The Morgan fingerprint density at radius 1 is 1.17 bits per heavy atom. The van der Waals surface area contributed by atoms with E-state index in [0.717, 1.165) is 68.5 Å². The Morgan fingerprint density at radius 2 is 1.83 bits per heavy atom. The number of aliphatic imine (C=N–C) groups is 1. The van der Waals surface area contributed by atoms with Crippen LogP contribution >= 0.6 is 11.8 Å². The van der Waals surface area contributed by atoms with Crippen LogP contribution in [-0.2, 0) is 4.74 Å². The Labute approximate surface area is 186 Å². The van der Waals surface area contributed by atoms with Crippen LogP contribution in [0.5, 0.6) is 11.5 Å². The molecular formula is C23H39N3O3S. The molecule has 1 aliphatic rings. The van der Waals surface area contributed by atoms with Crippen LogP contribution < -0.4 is 20.1 Å². The minimum Gasteiger partial charge on any atom is -0.490 e. The molecule has 0 spiro atoms. The van der Waals surface area contributed by atoms with E-state index in [1.807, 2.05) is 24.9 Å². The summed E-state index contributed by atoms with van der Waals surface area (Å²) in [5.74, 6) is 2.43. The van der Waals surface area contributed by atoms with Gasteiger partial charge in [-0.1, -0.05) is 19.9 Å². The third kappa shape index (κ3) is 7.27. The molecule has 1 heterocycles. The SMILES string of the molecule is CCCOc1ccc(C(C)NC(=NC)NCC2(SC)CCOCC2)cc1OCCC. The van der Waals surface area contributed by atoms with Crippen LogP contribution in [-0.4, -0.2) is 57.0 Å². The Bertz CT molecular complexity index is 663. The number of nitrogens with zero attached hydrogens (tertiary/aromatic N) is 1. The number of hydrogen-bond donors (Lipinski definition) is 2. The highest BCUT2D eigenvalue weighted by Crippen LogP contribution is 2.33. The van der Waals surface area contributed by atoms with Crippen molar-refractivity contribution < 1.29 is 14.2 Å². The monoisotopic (exact) mass is 437 g/mol. The summed E-state index contributed by atoms with van der Waals surface area (Å²) in [6, 6.07) is 6.26. The normalized spacial score (nSPS) is 17.3. The van der Waals surface area contributed by atoms with Gasteiger partial charge in [0.25, 0.3) is 0 Å². The van der Waals surface area contributed by atoms with Crippen LogP contribution in [0, 0.1) is 0 Å². The summed E-state index contributed by atoms with van der Waals surface area (Å²) in [5, 5.41) is 7.04. The van der Waals surface area contributed by atoms with Crippen molar-refractivity contribution in [2.24, 2.45) is 4.99 Å². The fraction of sp³-hybridized carbons (Fsp3) is 0.696. The predicted octanol–water partition coefficient (Wildman–Crippen LogP) is 4.40. The molecule has 1 aromatic rings. The van der Waals surface area contributed by atoms with E-state index in [-0.39, 0.29) is 10.8 Å². The molecule has 1 fully saturated rings. The first kappa shape index (κ1) is 24.7. The van der Waals surface area contributed by atoms with E-state index in [4.69, 9.17) is 14.2 Å². The molecular weight excluding hydrogens is 398 g/mol. The van der Waals surface area contributed by atoms with Gasteiger partial charge in [0.2, 0.25) is 0 Å². The smallest absolute Gasteiger partial charge is 0.191 e. The molecule has 2 rings (SSSR count). The average Bonchev–Trinajstić information content (AvgIpc) is 2.79. The van der Waals surface area contributed by atoms with Gasteiger partial charge in [-0.3, -0.25) is 4.99 Å². The van der Waals surface area contributed by atoms with Crippen LogP contribution in [0.1, 0.15) is 58.1 Å². The number of thioether (sulfide) groups is 1. The zero-order valence-corrected chi connectivity index (χ0v) is 20.1. The van der Waals surface area contributed by atoms with Crippen LogP contribution in [0.3, 0.4) is 0 Å². The molecule has 1 saturated heterocycles. The lowest BCUT2D eigenvalue weighted by atomic mass is 9.99. The molecule has 0 amide bonds. The van der Waals surface area contributed by atoms with Gasteiger partial charge in [0.05, 0.1) is 19.3 Å². The first-order chi connectivity index (χ1) is 14.6. The van der Waals surface area contributed by atoms with Crippen molar-refractivity contribution in [1.82, 2.24) is 10.6 Å². The summed E-state index contributed by atoms with van der Waals surface area (Å²) in [7, 11) is 1.81. The topological polar surface area (TPSA) is 64.1 Å². The molecule has 0 bridgehead atoms. The second-order valence-corrected chi connectivity index (χ2v) is 8.97. The van der Waals surface area contributed by atoms with E-state index in [0.29, 0.717) is 13.2 Å². The van der Waals surface area contributed by atoms with Crippen molar-refractivity contribution in [3.63, 3.8) is 0 Å². The van der Waals surface area contributed by atoms with Gasteiger partial charge in [0, 0.05) is 31.6 Å². The minimum absolute atomic E-state index is 0.0836. The largest absolute Gasteiger partial charge is 0.490 e. The van der Waals surface area contributed by atoms with Gasteiger partial charge >= 0.3 is 0 Å². The van der Waals surface area contributed by atoms with Gasteiger partial charge in [0.15, 0.2) is 17.5 Å². The maximum Gasteiger partial charge on any atom is 0.191 e. The maximum atomic E-state index is 5.95. The highest BCUT2D eigenvalue weighted by molar-refractivity contribution is 8.00. The highest BCUT2D eigenvalue weighted by Gasteiger charge is 2.31. The van der Waals surface area contributed by atoms with Crippen molar-refractivity contribution in [1.29, 1.82) is 0 Å². The number of hydrogen-bond acceptors (Lipinski definition) is 5. The number of ether oxygens (including phenoxy) is 3. The lowest BCUT2D eigenvalue weighted by molar-refractivity contribution is 0.0782. The predicted molar refractivity (Wildman–Crippen MR) is 127 cm³/mol. The van der Waals surface area contributed by atoms with Crippen LogP contribution in [0.15, 0.2) is 23.2 Å². The molecule has 6 nitrogen and oxygen atoms in total.